The minimum Gasteiger partial charge on any atom is -0.464 e. The second-order valence-electron chi connectivity index (χ2n) is 4.58. The Morgan fingerprint density at radius 2 is 2.44 bits per heavy atom. The van der Waals surface area contributed by atoms with Crippen molar-refractivity contribution in [1.29, 1.82) is 0 Å². The maximum Gasteiger partial charge on any atom is 0.360 e. The lowest BCUT2D eigenvalue weighted by atomic mass is 10.0. The summed E-state index contributed by atoms with van der Waals surface area (Å²) in [5.74, 6) is 1.05. The SMILES string of the molecule is COC(=O)c1nc(C)n(CC2CCCOC2)c1N. The second-order valence-corrected chi connectivity index (χ2v) is 4.58. The summed E-state index contributed by atoms with van der Waals surface area (Å²) in [5.41, 5.74) is 6.16. The summed E-state index contributed by atoms with van der Waals surface area (Å²) in [6.07, 6.45) is 2.19. The van der Waals surface area contributed by atoms with Gasteiger partial charge < -0.3 is 19.8 Å². The predicted octanol–water partition coefficient (Wildman–Crippen LogP) is 0.987. The van der Waals surface area contributed by atoms with Crippen molar-refractivity contribution in [3.63, 3.8) is 0 Å². The van der Waals surface area contributed by atoms with Gasteiger partial charge in [-0.05, 0) is 19.8 Å². The van der Waals surface area contributed by atoms with Gasteiger partial charge in [0.05, 0.1) is 13.7 Å². The van der Waals surface area contributed by atoms with Crippen LogP contribution in [0.2, 0.25) is 0 Å². The van der Waals surface area contributed by atoms with Crippen LogP contribution in [0.5, 0.6) is 0 Å². The van der Waals surface area contributed by atoms with E-state index < -0.39 is 5.97 Å². The van der Waals surface area contributed by atoms with Crippen molar-refractivity contribution in [2.75, 3.05) is 26.1 Å². The Bertz CT molecular complexity index is 436. The fraction of sp³-hybridized carbons (Fsp3) is 0.667. The largest absolute Gasteiger partial charge is 0.464 e. The molecule has 1 atom stereocenters. The number of rotatable bonds is 3. The van der Waals surface area contributed by atoms with E-state index >= 15 is 0 Å². The van der Waals surface area contributed by atoms with Crippen LogP contribution in [0.4, 0.5) is 5.82 Å². The number of ether oxygens (including phenoxy) is 2. The van der Waals surface area contributed by atoms with Gasteiger partial charge >= 0.3 is 5.97 Å². The van der Waals surface area contributed by atoms with Crippen LogP contribution in [-0.4, -0.2) is 35.8 Å². The Morgan fingerprint density at radius 1 is 1.67 bits per heavy atom. The number of nitrogens with two attached hydrogens (primary N) is 1. The smallest absolute Gasteiger partial charge is 0.360 e. The number of nitrogens with zero attached hydrogens (tertiary/aromatic N) is 2. The maximum atomic E-state index is 11.5. The number of carbonyl (C=O) groups is 1. The highest BCUT2D eigenvalue weighted by Gasteiger charge is 2.22. The minimum absolute atomic E-state index is 0.201. The van der Waals surface area contributed by atoms with Crippen LogP contribution in [0.15, 0.2) is 0 Å². The molecular weight excluding hydrogens is 234 g/mol. The van der Waals surface area contributed by atoms with Gasteiger partial charge in [-0.2, -0.15) is 0 Å². The molecule has 1 aliphatic rings. The van der Waals surface area contributed by atoms with Crippen molar-refractivity contribution >= 4 is 11.8 Å². The molecule has 1 aromatic heterocycles. The number of aryl methyl sites for hydroxylation is 1. The van der Waals surface area contributed by atoms with Gasteiger partial charge in [0.25, 0.3) is 0 Å². The molecule has 0 spiro atoms. The highest BCUT2D eigenvalue weighted by molar-refractivity contribution is 5.92. The van der Waals surface area contributed by atoms with Crippen LogP contribution < -0.4 is 5.73 Å². The molecule has 1 aliphatic heterocycles. The Hall–Kier alpha value is -1.56. The molecule has 0 amide bonds. The van der Waals surface area contributed by atoms with Gasteiger partial charge in [0, 0.05) is 19.1 Å². The van der Waals surface area contributed by atoms with Crippen molar-refractivity contribution in [3.8, 4) is 0 Å². The van der Waals surface area contributed by atoms with Crippen LogP contribution in [0, 0.1) is 12.8 Å². The number of methoxy groups -OCH3 is 1. The highest BCUT2D eigenvalue weighted by atomic mass is 16.5. The van der Waals surface area contributed by atoms with Gasteiger partial charge in [-0.1, -0.05) is 0 Å². The lowest BCUT2D eigenvalue weighted by Crippen LogP contribution is -2.23. The molecular formula is C12H19N3O3. The zero-order valence-corrected chi connectivity index (χ0v) is 10.8. The zero-order valence-electron chi connectivity index (χ0n) is 10.8. The third-order valence-corrected chi connectivity index (χ3v) is 3.27. The molecule has 1 unspecified atom stereocenters. The van der Waals surface area contributed by atoms with E-state index in [2.05, 4.69) is 9.72 Å². The predicted molar refractivity (Wildman–Crippen MR) is 66.3 cm³/mol. The molecule has 6 heteroatoms. The summed E-state index contributed by atoms with van der Waals surface area (Å²) >= 11 is 0. The summed E-state index contributed by atoms with van der Waals surface area (Å²) < 4.78 is 12.0. The molecule has 1 aromatic rings. The number of esters is 1. The molecule has 0 aliphatic carbocycles. The van der Waals surface area contributed by atoms with Crippen molar-refractivity contribution in [2.24, 2.45) is 5.92 Å². The van der Waals surface area contributed by atoms with Crippen LogP contribution >= 0.6 is 0 Å². The first-order chi connectivity index (χ1) is 8.63. The van der Waals surface area contributed by atoms with E-state index in [0.717, 1.165) is 38.4 Å². The van der Waals surface area contributed by atoms with Crippen molar-refractivity contribution < 1.29 is 14.3 Å². The fourth-order valence-corrected chi connectivity index (χ4v) is 2.27. The van der Waals surface area contributed by atoms with E-state index in [1.807, 2.05) is 11.5 Å². The van der Waals surface area contributed by atoms with E-state index in [0.29, 0.717) is 11.7 Å². The number of nitrogen functional groups attached to an aromatic ring is 1. The molecule has 100 valence electrons. The third kappa shape index (κ3) is 2.48. The molecule has 0 aromatic carbocycles. The summed E-state index contributed by atoms with van der Waals surface area (Å²) in [7, 11) is 1.32. The Morgan fingerprint density at radius 3 is 3.06 bits per heavy atom. The molecule has 2 N–H and O–H groups in total. The summed E-state index contributed by atoms with van der Waals surface area (Å²) in [6.45, 7) is 4.15. The van der Waals surface area contributed by atoms with Gasteiger partial charge in [-0.3, -0.25) is 0 Å². The first kappa shape index (κ1) is 12.9. The maximum absolute atomic E-state index is 11.5. The van der Waals surface area contributed by atoms with Crippen LogP contribution in [-0.2, 0) is 16.0 Å². The first-order valence-electron chi connectivity index (χ1n) is 6.12. The molecule has 2 rings (SSSR count). The van der Waals surface area contributed by atoms with Crippen LogP contribution in [0.25, 0.3) is 0 Å². The van der Waals surface area contributed by atoms with Gasteiger partial charge in [0.2, 0.25) is 0 Å². The lowest BCUT2D eigenvalue weighted by molar-refractivity contribution is 0.0483. The molecule has 0 bridgehead atoms. The van der Waals surface area contributed by atoms with E-state index in [9.17, 15) is 4.79 Å². The lowest BCUT2D eigenvalue weighted by Gasteiger charge is -2.23. The fourth-order valence-electron chi connectivity index (χ4n) is 2.27. The average molecular weight is 253 g/mol. The molecule has 6 nitrogen and oxygen atoms in total. The number of hydrogen-bond donors (Lipinski definition) is 1. The molecule has 1 saturated heterocycles. The number of aromatic nitrogens is 2. The number of hydrogen-bond acceptors (Lipinski definition) is 5. The summed E-state index contributed by atoms with van der Waals surface area (Å²) in [6, 6.07) is 0. The van der Waals surface area contributed by atoms with Crippen LogP contribution in [0.1, 0.15) is 29.2 Å². The quantitative estimate of drug-likeness (QED) is 0.812. The number of anilines is 1. The third-order valence-electron chi connectivity index (χ3n) is 3.27. The second kappa shape index (κ2) is 5.39. The van der Waals surface area contributed by atoms with E-state index in [4.69, 9.17) is 10.5 Å². The highest BCUT2D eigenvalue weighted by Crippen LogP contribution is 2.21. The Labute approximate surface area is 106 Å². The van der Waals surface area contributed by atoms with Gasteiger partial charge in [0.1, 0.15) is 11.6 Å². The first-order valence-corrected chi connectivity index (χ1v) is 6.12. The minimum atomic E-state index is -0.491. The number of carbonyl (C=O) groups excluding carboxylic acids is 1. The average Bonchev–Trinajstić information content (AvgIpc) is 2.67. The Kier molecular flexibility index (Phi) is 3.86. The van der Waals surface area contributed by atoms with Crippen molar-refractivity contribution in [2.45, 2.75) is 26.3 Å². The number of imidazole rings is 1. The molecule has 0 saturated carbocycles. The topological polar surface area (TPSA) is 79.4 Å². The summed E-state index contributed by atoms with van der Waals surface area (Å²) in [5, 5.41) is 0. The Balaban J connectivity index is 2.17. The molecule has 1 fully saturated rings. The molecule has 2 heterocycles. The van der Waals surface area contributed by atoms with Crippen molar-refractivity contribution in [1.82, 2.24) is 9.55 Å². The zero-order chi connectivity index (χ0) is 13.1. The van der Waals surface area contributed by atoms with E-state index in [1.54, 1.807) is 0 Å². The van der Waals surface area contributed by atoms with Crippen molar-refractivity contribution in [3.05, 3.63) is 11.5 Å². The van der Waals surface area contributed by atoms with E-state index in [1.165, 1.54) is 7.11 Å². The molecule has 0 radical (unpaired) electrons. The van der Waals surface area contributed by atoms with Crippen LogP contribution in [0.3, 0.4) is 0 Å². The summed E-state index contributed by atoms with van der Waals surface area (Å²) in [4.78, 5) is 15.7. The monoisotopic (exact) mass is 253 g/mol. The molecule has 18 heavy (non-hydrogen) atoms. The van der Waals surface area contributed by atoms with Gasteiger partial charge in [-0.25, -0.2) is 9.78 Å². The normalized spacial score (nSPS) is 19.8. The van der Waals surface area contributed by atoms with Gasteiger partial charge in [0.15, 0.2) is 5.69 Å². The standard InChI is InChI=1S/C12H19N3O3/c1-8-14-10(12(16)17-2)11(13)15(8)6-9-4-3-5-18-7-9/h9H,3-7,13H2,1-2H3. The van der Waals surface area contributed by atoms with Gasteiger partial charge in [-0.15, -0.1) is 0 Å². The van der Waals surface area contributed by atoms with E-state index in [-0.39, 0.29) is 5.69 Å².